The average Bonchev–Trinajstić information content (AvgIpc) is 3.27. The van der Waals surface area contributed by atoms with E-state index in [0.717, 1.165) is 17.3 Å². The Bertz CT molecular complexity index is 624. The van der Waals surface area contributed by atoms with Gasteiger partial charge in [0, 0.05) is 12.0 Å². The maximum atomic E-state index is 9.50. The van der Waals surface area contributed by atoms with Crippen LogP contribution in [0.5, 0.6) is 0 Å². The molecule has 0 aliphatic heterocycles. The van der Waals surface area contributed by atoms with Gasteiger partial charge in [-0.05, 0) is 30.9 Å². The quantitative estimate of drug-likeness (QED) is 0.694. The Balaban J connectivity index is 1.75. The molecule has 0 amide bonds. The second-order valence-electron chi connectivity index (χ2n) is 6.39. The Morgan fingerprint density at radius 2 is 2.17 bits per heavy atom. The molecular weight excluding hydrogens is 292 g/mol. The summed E-state index contributed by atoms with van der Waals surface area (Å²) in [5, 5.41) is 16.0. The zero-order valence-corrected chi connectivity index (χ0v) is 13.6. The van der Waals surface area contributed by atoms with Gasteiger partial charge in [-0.25, -0.2) is 4.98 Å². The van der Waals surface area contributed by atoms with E-state index < -0.39 is 0 Å². The highest BCUT2D eigenvalue weighted by molar-refractivity contribution is 5.44. The third kappa shape index (κ3) is 4.22. The Hall–Kier alpha value is -2.08. The van der Waals surface area contributed by atoms with Crippen molar-refractivity contribution < 1.29 is 9.52 Å². The molecule has 2 aromatic rings. The van der Waals surface area contributed by atoms with Crippen molar-refractivity contribution in [1.82, 2.24) is 9.97 Å². The summed E-state index contributed by atoms with van der Waals surface area (Å²) in [6, 6.07) is 5.75. The summed E-state index contributed by atoms with van der Waals surface area (Å²) < 4.78 is 5.33. The minimum Gasteiger partial charge on any atom is -0.467 e. The number of hydrogen-bond donors (Lipinski definition) is 3. The van der Waals surface area contributed by atoms with Crippen molar-refractivity contribution in [3.8, 4) is 0 Å². The minimum atomic E-state index is -0.0534. The second-order valence-corrected chi connectivity index (χ2v) is 6.39. The highest BCUT2D eigenvalue weighted by Crippen LogP contribution is 2.40. The average molecular weight is 316 g/mol. The molecule has 124 valence electrons. The number of nitrogens with zero attached hydrogens (tertiary/aromatic N) is 2. The Labute approximate surface area is 136 Å². The highest BCUT2D eigenvalue weighted by atomic mass is 16.3. The van der Waals surface area contributed by atoms with Gasteiger partial charge in [0.25, 0.3) is 0 Å². The molecule has 3 rings (SSSR count). The summed E-state index contributed by atoms with van der Waals surface area (Å²) in [7, 11) is 0. The van der Waals surface area contributed by atoms with Crippen LogP contribution < -0.4 is 10.6 Å². The van der Waals surface area contributed by atoms with E-state index in [9.17, 15) is 5.11 Å². The lowest BCUT2D eigenvalue weighted by atomic mass is 10.1. The number of anilines is 2. The zero-order chi connectivity index (χ0) is 16.2. The molecule has 6 nitrogen and oxygen atoms in total. The van der Waals surface area contributed by atoms with Crippen molar-refractivity contribution in [3.05, 3.63) is 35.9 Å². The Kier molecular flexibility index (Phi) is 4.81. The van der Waals surface area contributed by atoms with E-state index in [-0.39, 0.29) is 12.6 Å². The molecule has 23 heavy (non-hydrogen) atoms. The molecule has 1 fully saturated rings. The number of aliphatic hydroxyl groups excluding tert-OH is 1. The van der Waals surface area contributed by atoms with Crippen LogP contribution in [0.15, 0.2) is 28.9 Å². The van der Waals surface area contributed by atoms with E-state index in [0.29, 0.717) is 24.3 Å². The molecule has 0 radical (unpaired) electrons. The van der Waals surface area contributed by atoms with Crippen LogP contribution in [0.1, 0.15) is 44.1 Å². The molecule has 6 heteroatoms. The van der Waals surface area contributed by atoms with E-state index in [1.807, 2.05) is 18.2 Å². The molecule has 3 N–H and O–H groups in total. The standard InChI is InChI=1S/C17H24N4O2/c1-11(2)15(10-22)20-17-19-14(12-5-6-12)8-16(21-17)18-9-13-4-3-7-23-13/h3-4,7-8,11-12,15,22H,5-6,9-10H2,1-2H3,(H2,18,19,20,21)/t15-/m0/s1. The predicted molar refractivity (Wildman–Crippen MR) is 89.4 cm³/mol. The molecule has 0 saturated heterocycles. The van der Waals surface area contributed by atoms with E-state index >= 15 is 0 Å². The molecule has 0 bridgehead atoms. The minimum absolute atomic E-state index is 0.0534. The first-order valence-electron chi connectivity index (χ1n) is 8.18. The van der Waals surface area contributed by atoms with Crippen molar-refractivity contribution >= 4 is 11.8 Å². The summed E-state index contributed by atoms with van der Waals surface area (Å²) in [5.74, 6) is 3.05. The number of aromatic nitrogens is 2. The normalized spacial score (nSPS) is 15.7. The third-order valence-corrected chi connectivity index (χ3v) is 4.08. The van der Waals surface area contributed by atoms with Crippen LogP contribution in [-0.2, 0) is 6.54 Å². The maximum Gasteiger partial charge on any atom is 0.225 e. The lowest BCUT2D eigenvalue weighted by molar-refractivity contribution is 0.248. The Morgan fingerprint density at radius 1 is 1.35 bits per heavy atom. The van der Waals surface area contributed by atoms with Crippen molar-refractivity contribution in [2.24, 2.45) is 5.92 Å². The molecule has 2 heterocycles. The highest BCUT2D eigenvalue weighted by Gasteiger charge is 2.26. The fraction of sp³-hybridized carbons (Fsp3) is 0.529. The summed E-state index contributed by atoms with van der Waals surface area (Å²) in [5.41, 5.74) is 1.06. The van der Waals surface area contributed by atoms with Crippen LogP contribution in [0.4, 0.5) is 11.8 Å². The van der Waals surface area contributed by atoms with Crippen LogP contribution in [0.25, 0.3) is 0 Å². The number of furan rings is 1. The zero-order valence-electron chi connectivity index (χ0n) is 13.6. The number of nitrogens with one attached hydrogen (secondary N) is 2. The summed E-state index contributed by atoms with van der Waals surface area (Å²) in [6.45, 7) is 4.77. The first-order valence-corrected chi connectivity index (χ1v) is 8.18. The van der Waals surface area contributed by atoms with Gasteiger partial charge in [0.2, 0.25) is 5.95 Å². The van der Waals surface area contributed by atoms with E-state index in [1.165, 1.54) is 12.8 Å². The van der Waals surface area contributed by atoms with Crippen molar-refractivity contribution in [1.29, 1.82) is 0 Å². The molecule has 0 spiro atoms. The van der Waals surface area contributed by atoms with Crippen molar-refractivity contribution in [2.45, 2.75) is 45.2 Å². The van der Waals surface area contributed by atoms with Crippen LogP contribution in [0.2, 0.25) is 0 Å². The van der Waals surface area contributed by atoms with Crippen LogP contribution in [-0.4, -0.2) is 27.7 Å². The molecule has 2 aromatic heterocycles. The van der Waals surface area contributed by atoms with Crippen LogP contribution in [0.3, 0.4) is 0 Å². The number of hydrogen-bond acceptors (Lipinski definition) is 6. The molecule has 0 aromatic carbocycles. The fourth-order valence-corrected chi connectivity index (χ4v) is 2.39. The first-order chi connectivity index (χ1) is 11.2. The van der Waals surface area contributed by atoms with Crippen molar-refractivity contribution in [2.75, 3.05) is 17.2 Å². The number of aliphatic hydroxyl groups is 1. The molecule has 1 aliphatic carbocycles. The second kappa shape index (κ2) is 7.00. The van der Waals surface area contributed by atoms with Gasteiger partial charge in [-0.3, -0.25) is 0 Å². The summed E-state index contributed by atoms with van der Waals surface area (Å²) in [6.07, 6.45) is 4.03. The monoisotopic (exact) mass is 316 g/mol. The van der Waals surface area contributed by atoms with E-state index in [4.69, 9.17) is 4.42 Å². The predicted octanol–water partition coefficient (Wildman–Crippen LogP) is 2.99. The largest absolute Gasteiger partial charge is 0.467 e. The topological polar surface area (TPSA) is 83.2 Å². The smallest absolute Gasteiger partial charge is 0.225 e. The Morgan fingerprint density at radius 3 is 2.78 bits per heavy atom. The van der Waals surface area contributed by atoms with E-state index in [1.54, 1.807) is 6.26 Å². The van der Waals surface area contributed by atoms with Crippen molar-refractivity contribution in [3.63, 3.8) is 0 Å². The van der Waals surface area contributed by atoms with Gasteiger partial charge in [-0.15, -0.1) is 0 Å². The van der Waals surface area contributed by atoms with Crippen LogP contribution >= 0.6 is 0 Å². The molecule has 1 atom stereocenters. The lowest BCUT2D eigenvalue weighted by Gasteiger charge is -2.20. The first kappa shape index (κ1) is 15.8. The molecule has 0 unspecified atom stereocenters. The molecular formula is C17H24N4O2. The fourth-order valence-electron chi connectivity index (χ4n) is 2.39. The van der Waals surface area contributed by atoms with E-state index in [2.05, 4.69) is 34.4 Å². The van der Waals surface area contributed by atoms with Gasteiger partial charge in [-0.2, -0.15) is 4.98 Å². The summed E-state index contributed by atoms with van der Waals surface area (Å²) >= 11 is 0. The number of rotatable bonds is 8. The van der Waals surface area contributed by atoms with Gasteiger partial charge >= 0.3 is 0 Å². The van der Waals surface area contributed by atoms with Crippen LogP contribution in [0, 0.1) is 5.92 Å². The molecule has 1 saturated carbocycles. The van der Waals surface area contributed by atoms with Gasteiger partial charge in [0.1, 0.15) is 11.6 Å². The maximum absolute atomic E-state index is 9.50. The third-order valence-electron chi connectivity index (χ3n) is 4.08. The SMILES string of the molecule is CC(C)[C@H](CO)Nc1nc(NCc2ccco2)cc(C2CC2)n1. The van der Waals surface area contributed by atoms with Gasteiger partial charge in [0.15, 0.2) is 0 Å². The van der Waals surface area contributed by atoms with Gasteiger partial charge in [-0.1, -0.05) is 13.8 Å². The van der Waals surface area contributed by atoms with Gasteiger partial charge < -0.3 is 20.2 Å². The summed E-state index contributed by atoms with van der Waals surface area (Å²) in [4.78, 5) is 9.14. The van der Waals surface area contributed by atoms with Gasteiger partial charge in [0.05, 0.1) is 31.2 Å². The lowest BCUT2D eigenvalue weighted by Crippen LogP contribution is -2.30. The molecule has 1 aliphatic rings.